The Bertz CT molecular complexity index is 745. The summed E-state index contributed by atoms with van der Waals surface area (Å²) in [5.74, 6) is 0.372. The van der Waals surface area contributed by atoms with Crippen molar-refractivity contribution >= 4 is 0 Å². The van der Waals surface area contributed by atoms with E-state index in [1.54, 1.807) is 19.1 Å². The zero-order chi connectivity index (χ0) is 19.2. The SMILES string of the molecule is Cc1ccc(C2CCC(c3ccc(CCCCCF)cc3F)CC2)cc1F. The Labute approximate surface area is 160 Å². The highest BCUT2D eigenvalue weighted by molar-refractivity contribution is 5.30. The van der Waals surface area contributed by atoms with Crippen molar-refractivity contribution in [3.05, 3.63) is 70.3 Å². The molecule has 1 saturated carbocycles. The fraction of sp³-hybridized carbons (Fsp3) is 0.500. The smallest absolute Gasteiger partial charge is 0.126 e. The van der Waals surface area contributed by atoms with Crippen LogP contribution in [0.25, 0.3) is 0 Å². The zero-order valence-electron chi connectivity index (χ0n) is 16.1. The molecule has 1 aliphatic carbocycles. The van der Waals surface area contributed by atoms with Crippen LogP contribution in [0, 0.1) is 18.6 Å². The number of hydrogen-bond donors (Lipinski definition) is 0. The molecule has 3 rings (SSSR count). The summed E-state index contributed by atoms with van der Waals surface area (Å²) in [7, 11) is 0. The minimum Gasteiger partial charge on any atom is -0.251 e. The van der Waals surface area contributed by atoms with Crippen LogP contribution in [0.3, 0.4) is 0 Å². The largest absolute Gasteiger partial charge is 0.251 e. The van der Waals surface area contributed by atoms with Crippen molar-refractivity contribution in [1.82, 2.24) is 0 Å². The van der Waals surface area contributed by atoms with Crippen molar-refractivity contribution in [1.29, 1.82) is 0 Å². The van der Waals surface area contributed by atoms with E-state index < -0.39 is 0 Å². The lowest BCUT2D eigenvalue weighted by atomic mass is 9.76. The van der Waals surface area contributed by atoms with Gasteiger partial charge < -0.3 is 0 Å². The number of hydrogen-bond acceptors (Lipinski definition) is 0. The van der Waals surface area contributed by atoms with E-state index >= 15 is 0 Å². The minimum absolute atomic E-state index is 0.108. The van der Waals surface area contributed by atoms with E-state index in [-0.39, 0.29) is 24.2 Å². The number of benzene rings is 2. The van der Waals surface area contributed by atoms with Gasteiger partial charge in [-0.2, -0.15) is 0 Å². The van der Waals surface area contributed by atoms with Gasteiger partial charge in [0.1, 0.15) is 11.6 Å². The van der Waals surface area contributed by atoms with Crippen molar-refractivity contribution in [2.75, 3.05) is 6.67 Å². The Kier molecular flexibility index (Phi) is 6.98. The van der Waals surface area contributed by atoms with E-state index in [1.165, 1.54) is 0 Å². The average molecular weight is 374 g/mol. The van der Waals surface area contributed by atoms with Crippen LogP contribution in [-0.2, 0) is 6.42 Å². The summed E-state index contributed by atoms with van der Waals surface area (Å²) in [5, 5.41) is 0. The van der Waals surface area contributed by atoms with Gasteiger partial charge in [0.2, 0.25) is 0 Å². The summed E-state index contributed by atoms with van der Waals surface area (Å²) in [6.07, 6.45) is 6.97. The molecule has 27 heavy (non-hydrogen) atoms. The molecule has 0 bridgehead atoms. The molecule has 0 aromatic heterocycles. The lowest BCUT2D eigenvalue weighted by Crippen LogP contribution is -2.13. The maximum atomic E-state index is 14.6. The molecule has 2 aromatic rings. The van der Waals surface area contributed by atoms with E-state index in [2.05, 4.69) is 0 Å². The molecule has 0 radical (unpaired) electrons. The minimum atomic E-state index is -0.273. The van der Waals surface area contributed by atoms with Gasteiger partial charge in [0.25, 0.3) is 0 Å². The molecule has 0 spiro atoms. The second-order valence-electron chi connectivity index (χ2n) is 7.91. The third-order valence-electron chi connectivity index (χ3n) is 6.00. The van der Waals surface area contributed by atoms with Crippen molar-refractivity contribution in [3.8, 4) is 0 Å². The summed E-state index contributed by atoms with van der Waals surface area (Å²) >= 11 is 0. The van der Waals surface area contributed by atoms with Gasteiger partial charge >= 0.3 is 0 Å². The van der Waals surface area contributed by atoms with Crippen LogP contribution in [-0.4, -0.2) is 6.67 Å². The molecule has 146 valence electrons. The Hall–Kier alpha value is -1.77. The van der Waals surface area contributed by atoms with Gasteiger partial charge in [-0.25, -0.2) is 8.78 Å². The predicted octanol–water partition coefficient (Wildman–Crippen LogP) is 7.40. The monoisotopic (exact) mass is 374 g/mol. The molecule has 2 aromatic carbocycles. The van der Waals surface area contributed by atoms with E-state index in [0.717, 1.165) is 61.6 Å². The highest BCUT2D eigenvalue weighted by atomic mass is 19.1. The molecule has 0 aliphatic heterocycles. The molecule has 3 heteroatoms. The zero-order valence-corrected chi connectivity index (χ0v) is 16.1. The maximum absolute atomic E-state index is 14.6. The van der Waals surface area contributed by atoms with Crippen LogP contribution >= 0.6 is 0 Å². The van der Waals surface area contributed by atoms with Gasteiger partial charge in [0, 0.05) is 0 Å². The highest BCUT2D eigenvalue weighted by Crippen LogP contribution is 2.41. The van der Waals surface area contributed by atoms with E-state index in [0.29, 0.717) is 17.9 Å². The van der Waals surface area contributed by atoms with Crippen LogP contribution in [0.4, 0.5) is 13.2 Å². The predicted molar refractivity (Wildman–Crippen MR) is 105 cm³/mol. The number of unbranched alkanes of at least 4 members (excludes halogenated alkanes) is 2. The maximum Gasteiger partial charge on any atom is 0.126 e. The second kappa shape index (κ2) is 9.43. The van der Waals surface area contributed by atoms with Gasteiger partial charge in [-0.3, -0.25) is 4.39 Å². The normalized spacial score (nSPS) is 20.0. The first-order valence-corrected chi connectivity index (χ1v) is 10.2. The number of alkyl halides is 1. The number of aryl methyl sites for hydroxylation is 2. The summed E-state index contributed by atoms with van der Waals surface area (Å²) in [4.78, 5) is 0. The van der Waals surface area contributed by atoms with Crippen LogP contribution in [0.1, 0.15) is 79.0 Å². The first kappa shape index (κ1) is 20.0. The highest BCUT2D eigenvalue weighted by Gasteiger charge is 2.25. The topological polar surface area (TPSA) is 0 Å². The van der Waals surface area contributed by atoms with Crippen LogP contribution in [0.2, 0.25) is 0 Å². The lowest BCUT2D eigenvalue weighted by molar-refractivity contribution is 0.386. The number of rotatable bonds is 7. The average Bonchev–Trinajstić information content (AvgIpc) is 2.68. The van der Waals surface area contributed by atoms with Crippen molar-refractivity contribution in [2.24, 2.45) is 0 Å². The number of halogens is 3. The van der Waals surface area contributed by atoms with Crippen LogP contribution in [0.15, 0.2) is 36.4 Å². The molecule has 1 fully saturated rings. The third-order valence-corrected chi connectivity index (χ3v) is 6.00. The van der Waals surface area contributed by atoms with E-state index in [4.69, 9.17) is 0 Å². The van der Waals surface area contributed by atoms with Gasteiger partial charge in [-0.05, 0) is 98.1 Å². The molecule has 0 amide bonds. The van der Waals surface area contributed by atoms with Gasteiger partial charge in [0.15, 0.2) is 0 Å². The summed E-state index contributed by atoms with van der Waals surface area (Å²) in [6.45, 7) is 1.51. The molecule has 0 unspecified atom stereocenters. The second-order valence-corrected chi connectivity index (χ2v) is 7.91. The molecular formula is C24H29F3. The Balaban J connectivity index is 1.58. The first-order valence-electron chi connectivity index (χ1n) is 10.2. The lowest BCUT2D eigenvalue weighted by Gasteiger charge is -2.29. The van der Waals surface area contributed by atoms with Crippen LogP contribution < -0.4 is 0 Å². The van der Waals surface area contributed by atoms with Gasteiger partial charge in [0.05, 0.1) is 6.67 Å². The van der Waals surface area contributed by atoms with Gasteiger partial charge in [-0.1, -0.05) is 30.7 Å². The Morgan fingerprint density at radius 1 is 0.815 bits per heavy atom. The molecule has 0 nitrogen and oxygen atoms in total. The molecule has 1 aliphatic rings. The van der Waals surface area contributed by atoms with Crippen molar-refractivity contribution in [3.63, 3.8) is 0 Å². The summed E-state index contributed by atoms with van der Waals surface area (Å²) in [6, 6.07) is 11.2. The van der Waals surface area contributed by atoms with Crippen LogP contribution in [0.5, 0.6) is 0 Å². The molecule has 0 N–H and O–H groups in total. The standard InChI is InChI=1S/C24H29F3/c1-17-6-8-21(16-23(17)26)19-9-11-20(12-10-19)22-13-7-18(15-24(22)27)5-3-2-4-14-25/h6-8,13,15-16,19-20H,2-5,9-12,14H2,1H3. The molecule has 0 heterocycles. The summed E-state index contributed by atoms with van der Waals surface area (Å²) < 4.78 is 40.6. The molecule has 0 atom stereocenters. The first-order chi connectivity index (χ1) is 13.1. The third kappa shape index (κ3) is 5.15. The summed E-state index contributed by atoms with van der Waals surface area (Å²) in [5.41, 5.74) is 3.56. The van der Waals surface area contributed by atoms with Crippen molar-refractivity contribution in [2.45, 2.75) is 70.1 Å². The Morgan fingerprint density at radius 2 is 1.56 bits per heavy atom. The van der Waals surface area contributed by atoms with Crippen molar-refractivity contribution < 1.29 is 13.2 Å². The Morgan fingerprint density at radius 3 is 2.22 bits per heavy atom. The van der Waals surface area contributed by atoms with E-state index in [1.807, 2.05) is 24.3 Å². The fourth-order valence-electron chi connectivity index (χ4n) is 4.26. The quantitative estimate of drug-likeness (QED) is 0.443. The van der Waals surface area contributed by atoms with Gasteiger partial charge in [-0.15, -0.1) is 0 Å². The molecular weight excluding hydrogens is 345 g/mol. The fourth-order valence-corrected chi connectivity index (χ4v) is 4.26. The van der Waals surface area contributed by atoms with E-state index in [9.17, 15) is 13.2 Å². The molecule has 0 saturated heterocycles.